The van der Waals surface area contributed by atoms with Crippen LogP contribution in [0.1, 0.15) is 0 Å². The van der Waals surface area contributed by atoms with E-state index in [1.807, 2.05) is 30.3 Å². The van der Waals surface area contributed by atoms with Crippen LogP contribution < -0.4 is 4.57 Å². The van der Waals surface area contributed by atoms with Gasteiger partial charge in [-0.15, -0.1) is 0 Å². The molecule has 2 heteroatoms. The summed E-state index contributed by atoms with van der Waals surface area (Å²) in [6.07, 6.45) is 4.13. The molecule has 1 aromatic heterocycles. The standard InChI is InChI=1S/C27H19NO/c29-27-10-8-24(9-11-27)25-16-20-4-6-22-15-23(7-5-21(14-20)17-25)19-26(18-22)28-12-2-1-3-13-28/h1-19H/p+1. The van der Waals surface area contributed by atoms with E-state index in [1.165, 1.54) is 0 Å². The van der Waals surface area contributed by atoms with Gasteiger partial charge >= 0.3 is 0 Å². The molecule has 1 N–H and O–H groups in total. The molecule has 29 heavy (non-hydrogen) atoms. The predicted molar refractivity (Wildman–Crippen MR) is 119 cm³/mol. The van der Waals surface area contributed by atoms with E-state index in [4.69, 9.17) is 0 Å². The number of pyridine rings is 1. The molecule has 0 aliphatic heterocycles. The topological polar surface area (TPSA) is 24.1 Å². The molecule has 0 amide bonds. The Morgan fingerprint density at radius 1 is 0.483 bits per heavy atom. The number of aromatic hydroxyl groups is 1. The van der Waals surface area contributed by atoms with Crippen LogP contribution in [0.3, 0.4) is 0 Å². The molecule has 0 atom stereocenters. The van der Waals surface area contributed by atoms with Crippen molar-refractivity contribution in [3.05, 3.63) is 116 Å². The second-order valence-corrected chi connectivity index (χ2v) is 7.24. The minimum atomic E-state index is 0.282. The Hall–Kier alpha value is -3.91. The normalized spacial score (nSPS) is 10.9. The van der Waals surface area contributed by atoms with Gasteiger partial charge in [-0.3, -0.25) is 0 Å². The van der Waals surface area contributed by atoms with Crippen molar-refractivity contribution in [2.75, 3.05) is 0 Å². The summed E-state index contributed by atoms with van der Waals surface area (Å²) in [6.45, 7) is 0. The van der Waals surface area contributed by atoms with Crippen LogP contribution in [-0.2, 0) is 0 Å². The molecular formula is C27H20NO+. The summed E-state index contributed by atoms with van der Waals surface area (Å²) in [5, 5.41) is 14.2. The van der Waals surface area contributed by atoms with Crippen molar-refractivity contribution >= 4 is 21.5 Å². The van der Waals surface area contributed by atoms with Gasteiger partial charge in [-0.2, -0.15) is 4.57 Å². The molecule has 2 nitrogen and oxygen atoms in total. The van der Waals surface area contributed by atoms with Gasteiger partial charge in [0, 0.05) is 24.3 Å². The maximum atomic E-state index is 9.57. The van der Waals surface area contributed by atoms with Crippen molar-refractivity contribution in [2.24, 2.45) is 0 Å². The highest BCUT2D eigenvalue weighted by Gasteiger charge is 2.05. The maximum Gasteiger partial charge on any atom is 0.211 e. The number of phenolic OH excluding ortho intramolecular Hbond substituents is 1. The van der Waals surface area contributed by atoms with Crippen LogP contribution in [0.15, 0.2) is 116 Å². The monoisotopic (exact) mass is 374 g/mol. The summed E-state index contributed by atoms with van der Waals surface area (Å²) in [6, 6.07) is 35.2. The number of fused-ring (bicyclic) bond motifs is 4. The van der Waals surface area contributed by atoms with Crippen LogP contribution >= 0.6 is 0 Å². The fraction of sp³-hybridized carbons (Fsp3) is 0. The first-order chi connectivity index (χ1) is 14.2. The molecule has 0 saturated carbocycles. The maximum absolute atomic E-state index is 9.57. The summed E-state index contributed by atoms with van der Waals surface area (Å²) in [5.74, 6) is 0.282. The van der Waals surface area contributed by atoms with Crippen LogP contribution in [0.2, 0.25) is 0 Å². The van der Waals surface area contributed by atoms with Crippen molar-refractivity contribution in [3.8, 4) is 22.6 Å². The Morgan fingerprint density at radius 2 is 1.00 bits per heavy atom. The molecule has 0 saturated heterocycles. The zero-order valence-electron chi connectivity index (χ0n) is 15.9. The molecule has 0 radical (unpaired) electrons. The lowest BCUT2D eigenvalue weighted by atomic mass is 10.0. The van der Waals surface area contributed by atoms with Crippen LogP contribution in [0.5, 0.6) is 5.75 Å². The number of rotatable bonds is 2. The molecule has 0 aliphatic rings. The van der Waals surface area contributed by atoms with Gasteiger partial charge in [0.15, 0.2) is 12.4 Å². The van der Waals surface area contributed by atoms with Gasteiger partial charge in [-0.1, -0.05) is 42.5 Å². The lowest BCUT2D eigenvalue weighted by Crippen LogP contribution is -2.28. The lowest BCUT2D eigenvalue weighted by molar-refractivity contribution is -0.595. The minimum Gasteiger partial charge on any atom is -0.508 e. The molecule has 4 aromatic carbocycles. The summed E-state index contributed by atoms with van der Waals surface area (Å²) in [4.78, 5) is 0. The fourth-order valence-electron chi connectivity index (χ4n) is 3.65. The summed E-state index contributed by atoms with van der Waals surface area (Å²) in [7, 11) is 0. The van der Waals surface area contributed by atoms with Crippen LogP contribution in [0.4, 0.5) is 0 Å². The van der Waals surface area contributed by atoms with Gasteiger partial charge in [0.05, 0.1) is 0 Å². The molecule has 0 spiro atoms. The molecular weight excluding hydrogens is 354 g/mol. The lowest BCUT2D eigenvalue weighted by Gasteiger charge is -2.04. The Morgan fingerprint density at radius 3 is 1.55 bits per heavy atom. The fourth-order valence-corrected chi connectivity index (χ4v) is 3.65. The van der Waals surface area contributed by atoms with Crippen molar-refractivity contribution in [3.63, 3.8) is 0 Å². The minimum absolute atomic E-state index is 0.282. The largest absolute Gasteiger partial charge is 0.508 e. The van der Waals surface area contributed by atoms with E-state index in [-0.39, 0.29) is 5.75 Å². The van der Waals surface area contributed by atoms with Crippen molar-refractivity contribution in [1.82, 2.24) is 0 Å². The van der Waals surface area contributed by atoms with Gasteiger partial charge in [0.1, 0.15) is 5.75 Å². The number of hydrogen-bond acceptors (Lipinski definition) is 1. The van der Waals surface area contributed by atoms with E-state index >= 15 is 0 Å². The van der Waals surface area contributed by atoms with E-state index in [0.717, 1.165) is 38.4 Å². The van der Waals surface area contributed by atoms with E-state index in [1.54, 1.807) is 12.1 Å². The number of nitrogens with zero attached hydrogens (tertiary/aromatic N) is 1. The first kappa shape index (κ1) is 17.2. The zero-order chi connectivity index (χ0) is 19.6. The average molecular weight is 374 g/mol. The Balaban J connectivity index is 1.70. The van der Waals surface area contributed by atoms with E-state index in [9.17, 15) is 5.11 Å². The molecule has 5 rings (SSSR count). The third kappa shape index (κ3) is 3.74. The molecule has 1 heterocycles. The third-order valence-electron chi connectivity index (χ3n) is 5.09. The molecule has 138 valence electrons. The van der Waals surface area contributed by atoms with Crippen LogP contribution in [-0.4, -0.2) is 5.11 Å². The van der Waals surface area contributed by atoms with Crippen molar-refractivity contribution < 1.29 is 9.67 Å². The first-order valence-corrected chi connectivity index (χ1v) is 9.65. The van der Waals surface area contributed by atoms with E-state index < -0.39 is 0 Å². The SMILES string of the molecule is Oc1ccc(-c2cc3ccc4cc(-[n+]5ccccc5)cc(ccc(c2)c3)c4)cc1. The second-order valence-electron chi connectivity index (χ2n) is 7.24. The Bertz CT molecular complexity index is 1280. The Labute approximate surface area is 169 Å². The average Bonchev–Trinajstić information content (AvgIpc) is 2.77. The van der Waals surface area contributed by atoms with Crippen LogP contribution in [0.25, 0.3) is 38.4 Å². The molecule has 0 unspecified atom stereocenters. The van der Waals surface area contributed by atoms with Gasteiger partial charge in [0.25, 0.3) is 0 Å². The van der Waals surface area contributed by atoms with Gasteiger partial charge < -0.3 is 5.11 Å². The third-order valence-corrected chi connectivity index (χ3v) is 5.09. The predicted octanol–water partition coefficient (Wildman–Crippen LogP) is 6.20. The summed E-state index contributed by atoms with van der Waals surface area (Å²) in [5.41, 5.74) is 3.36. The number of phenols is 1. The van der Waals surface area contributed by atoms with E-state index in [0.29, 0.717) is 0 Å². The van der Waals surface area contributed by atoms with Crippen molar-refractivity contribution in [1.29, 1.82) is 0 Å². The zero-order valence-corrected chi connectivity index (χ0v) is 15.9. The molecule has 4 bridgehead atoms. The van der Waals surface area contributed by atoms with Crippen LogP contribution in [0, 0.1) is 0 Å². The highest BCUT2D eigenvalue weighted by atomic mass is 16.3. The number of hydrogen-bond donors (Lipinski definition) is 1. The number of aromatic nitrogens is 1. The van der Waals surface area contributed by atoms with Gasteiger partial charge in [-0.05, 0) is 69.1 Å². The molecule has 5 aromatic rings. The quantitative estimate of drug-likeness (QED) is 0.365. The molecule has 0 aliphatic carbocycles. The van der Waals surface area contributed by atoms with Gasteiger partial charge in [0.2, 0.25) is 5.69 Å². The smallest absolute Gasteiger partial charge is 0.211 e. The summed E-state index contributed by atoms with van der Waals surface area (Å²) >= 11 is 0. The first-order valence-electron chi connectivity index (χ1n) is 9.65. The highest BCUT2D eigenvalue weighted by molar-refractivity contribution is 5.81. The van der Waals surface area contributed by atoms with Gasteiger partial charge in [-0.25, -0.2) is 0 Å². The Kier molecular flexibility index (Phi) is 4.30. The number of benzene rings is 3. The highest BCUT2D eigenvalue weighted by Crippen LogP contribution is 2.26. The summed E-state index contributed by atoms with van der Waals surface area (Å²) < 4.78 is 2.13. The second kappa shape index (κ2) is 7.25. The van der Waals surface area contributed by atoms with E-state index in [2.05, 4.69) is 77.6 Å². The van der Waals surface area contributed by atoms with Crippen molar-refractivity contribution in [2.45, 2.75) is 0 Å². The molecule has 0 fully saturated rings.